The lowest BCUT2D eigenvalue weighted by Crippen LogP contribution is -2.50. The highest BCUT2D eigenvalue weighted by atomic mass is 16.6. The summed E-state index contributed by atoms with van der Waals surface area (Å²) < 4.78 is 15.9. The molecule has 0 N–H and O–H groups in total. The van der Waals surface area contributed by atoms with Crippen molar-refractivity contribution in [1.29, 1.82) is 0 Å². The average Bonchev–Trinajstić information content (AvgIpc) is 3.02. The Balaban J connectivity index is 1.59. The van der Waals surface area contributed by atoms with Gasteiger partial charge in [-0.3, -0.25) is 4.90 Å². The minimum absolute atomic E-state index is 0.235. The molecule has 2 aliphatic heterocycles. The second-order valence-corrected chi connectivity index (χ2v) is 6.07. The van der Waals surface area contributed by atoms with Gasteiger partial charge in [0.1, 0.15) is 5.60 Å². The van der Waals surface area contributed by atoms with Crippen LogP contribution >= 0.6 is 0 Å². The van der Waals surface area contributed by atoms with E-state index in [1.54, 1.807) is 19.1 Å². The van der Waals surface area contributed by atoms with Gasteiger partial charge in [0.25, 0.3) is 0 Å². The van der Waals surface area contributed by atoms with E-state index in [0.29, 0.717) is 44.4 Å². The van der Waals surface area contributed by atoms with E-state index in [2.05, 4.69) is 15.0 Å². The highest BCUT2D eigenvalue weighted by Gasteiger charge is 2.46. The number of likely N-dealkylation sites (tertiary alicyclic amines) is 1. The van der Waals surface area contributed by atoms with Crippen molar-refractivity contribution in [2.24, 2.45) is 0 Å². The zero-order valence-corrected chi connectivity index (χ0v) is 13.1. The van der Waals surface area contributed by atoms with E-state index < -0.39 is 0 Å². The molecule has 122 valence electrons. The molecular formula is C14H22N4O4. The standard InChI is InChI=1S/C14H22N4O4/c1-17-9-14(21-13(17)19)5-3-6-18(10-14)8-12-15-11(16-22-12)4-7-20-2/h3-10H2,1-2H3/t14-/m1/s1. The molecule has 0 unspecified atom stereocenters. The van der Waals surface area contributed by atoms with Crippen LogP contribution in [0.4, 0.5) is 4.79 Å². The first-order valence-corrected chi connectivity index (χ1v) is 7.57. The Bertz CT molecular complexity index is 535. The van der Waals surface area contributed by atoms with Gasteiger partial charge in [-0.25, -0.2) is 4.79 Å². The zero-order valence-electron chi connectivity index (χ0n) is 13.1. The third kappa shape index (κ3) is 3.22. The van der Waals surface area contributed by atoms with Crippen molar-refractivity contribution in [1.82, 2.24) is 19.9 Å². The molecule has 8 nitrogen and oxygen atoms in total. The molecule has 0 radical (unpaired) electrons. The maximum absolute atomic E-state index is 11.6. The number of likely N-dealkylation sites (N-methyl/N-ethyl adjacent to an activating group) is 1. The minimum Gasteiger partial charge on any atom is -0.440 e. The maximum Gasteiger partial charge on any atom is 0.410 e. The van der Waals surface area contributed by atoms with Crippen LogP contribution in [0, 0.1) is 0 Å². The summed E-state index contributed by atoms with van der Waals surface area (Å²) in [6, 6.07) is 0. The van der Waals surface area contributed by atoms with Gasteiger partial charge < -0.3 is 18.9 Å². The number of hydrogen-bond acceptors (Lipinski definition) is 7. The fourth-order valence-corrected chi connectivity index (χ4v) is 3.17. The molecule has 2 aliphatic rings. The van der Waals surface area contributed by atoms with Crippen molar-refractivity contribution in [3.8, 4) is 0 Å². The van der Waals surface area contributed by atoms with Gasteiger partial charge in [-0.1, -0.05) is 5.16 Å². The fraction of sp³-hybridized carbons (Fsp3) is 0.786. The van der Waals surface area contributed by atoms with Gasteiger partial charge in [0.05, 0.1) is 19.7 Å². The Morgan fingerprint density at radius 2 is 2.27 bits per heavy atom. The molecule has 1 spiro atoms. The Labute approximate surface area is 129 Å². The average molecular weight is 310 g/mol. The number of carbonyl (C=O) groups excluding carboxylic acids is 1. The van der Waals surface area contributed by atoms with Crippen LogP contribution in [0.2, 0.25) is 0 Å². The van der Waals surface area contributed by atoms with Crippen LogP contribution in [0.3, 0.4) is 0 Å². The lowest BCUT2D eigenvalue weighted by atomic mass is 9.93. The Morgan fingerprint density at radius 3 is 3.00 bits per heavy atom. The normalized spacial score (nSPS) is 25.9. The summed E-state index contributed by atoms with van der Waals surface area (Å²) in [5, 5.41) is 3.95. The molecule has 1 aromatic heterocycles. The molecule has 2 fully saturated rings. The topological polar surface area (TPSA) is 80.9 Å². The highest BCUT2D eigenvalue weighted by Crippen LogP contribution is 2.31. The molecule has 1 atom stereocenters. The summed E-state index contributed by atoms with van der Waals surface area (Å²) in [7, 11) is 3.42. The van der Waals surface area contributed by atoms with Crippen LogP contribution < -0.4 is 0 Å². The lowest BCUT2D eigenvalue weighted by molar-refractivity contribution is -0.0139. The molecule has 1 aromatic rings. The zero-order chi connectivity index (χ0) is 15.6. The molecule has 0 bridgehead atoms. The van der Waals surface area contributed by atoms with E-state index >= 15 is 0 Å². The highest BCUT2D eigenvalue weighted by molar-refractivity contribution is 5.70. The van der Waals surface area contributed by atoms with Gasteiger partial charge in [-0.15, -0.1) is 0 Å². The first-order valence-electron chi connectivity index (χ1n) is 7.57. The van der Waals surface area contributed by atoms with E-state index in [9.17, 15) is 4.79 Å². The molecule has 22 heavy (non-hydrogen) atoms. The van der Waals surface area contributed by atoms with Crippen molar-refractivity contribution in [3.05, 3.63) is 11.7 Å². The van der Waals surface area contributed by atoms with Crippen LogP contribution in [0.5, 0.6) is 0 Å². The van der Waals surface area contributed by atoms with Crippen molar-refractivity contribution in [2.45, 2.75) is 31.4 Å². The number of methoxy groups -OCH3 is 1. The number of ether oxygens (including phenoxy) is 2. The largest absolute Gasteiger partial charge is 0.440 e. The van der Waals surface area contributed by atoms with E-state index in [1.807, 2.05) is 0 Å². The third-order valence-corrected chi connectivity index (χ3v) is 4.16. The number of nitrogens with zero attached hydrogens (tertiary/aromatic N) is 4. The summed E-state index contributed by atoms with van der Waals surface area (Å²) in [5.74, 6) is 1.26. The molecule has 3 rings (SSSR count). The fourth-order valence-electron chi connectivity index (χ4n) is 3.17. The van der Waals surface area contributed by atoms with Crippen LogP contribution in [-0.2, 0) is 22.4 Å². The van der Waals surface area contributed by atoms with Gasteiger partial charge >= 0.3 is 6.09 Å². The van der Waals surface area contributed by atoms with Crippen molar-refractivity contribution in [3.63, 3.8) is 0 Å². The van der Waals surface area contributed by atoms with E-state index in [1.165, 1.54) is 0 Å². The minimum atomic E-state index is -0.386. The quantitative estimate of drug-likeness (QED) is 0.791. The molecular weight excluding hydrogens is 288 g/mol. The summed E-state index contributed by atoms with van der Waals surface area (Å²) in [6.07, 6.45) is 2.31. The lowest BCUT2D eigenvalue weighted by Gasteiger charge is -2.37. The van der Waals surface area contributed by atoms with Crippen LogP contribution in [0.15, 0.2) is 4.52 Å². The first kappa shape index (κ1) is 15.2. The Morgan fingerprint density at radius 1 is 1.41 bits per heavy atom. The van der Waals surface area contributed by atoms with Gasteiger partial charge in [-0.05, 0) is 19.4 Å². The number of piperidine rings is 1. The van der Waals surface area contributed by atoms with Crippen LogP contribution in [0.25, 0.3) is 0 Å². The summed E-state index contributed by atoms with van der Waals surface area (Å²) >= 11 is 0. The van der Waals surface area contributed by atoms with Gasteiger partial charge in [-0.2, -0.15) is 4.98 Å². The number of hydrogen-bond donors (Lipinski definition) is 0. The van der Waals surface area contributed by atoms with Gasteiger partial charge in [0, 0.05) is 27.1 Å². The smallest absolute Gasteiger partial charge is 0.410 e. The monoisotopic (exact) mass is 310 g/mol. The molecule has 0 aromatic carbocycles. The second kappa shape index (κ2) is 6.21. The van der Waals surface area contributed by atoms with Gasteiger partial charge in [0.2, 0.25) is 5.89 Å². The predicted octanol–water partition coefficient (Wildman–Crippen LogP) is 0.675. The Kier molecular flexibility index (Phi) is 4.30. The molecule has 3 heterocycles. The second-order valence-electron chi connectivity index (χ2n) is 6.07. The molecule has 1 amide bonds. The molecule has 8 heteroatoms. The van der Waals surface area contributed by atoms with Gasteiger partial charge in [0.15, 0.2) is 5.82 Å². The molecule has 0 saturated carbocycles. The number of amides is 1. The van der Waals surface area contributed by atoms with Crippen LogP contribution in [-0.4, -0.2) is 72.0 Å². The number of aromatic nitrogens is 2. The van der Waals surface area contributed by atoms with Crippen molar-refractivity contribution in [2.75, 3.05) is 40.4 Å². The summed E-state index contributed by atoms with van der Waals surface area (Å²) in [6.45, 7) is 3.46. The first-order chi connectivity index (χ1) is 10.6. The van der Waals surface area contributed by atoms with Crippen molar-refractivity contribution >= 4 is 6.09 Å². The number of rotatable bonds is 5. The summed E-state index contributed by atoms with van der Waals surface area (Å²) in [4.78, 5) is 19.9. The summed E-state index contributed by atoms with van der Waals surface area (Å²) in [5.41, 5.74) is -0.386. The maximum atomic E-state index is 11.6. The van der Waals surface area contributed by atoms with E-state index in [-0.39, 0.29) is 11.7 Å². The van der Waals surface area contributed by atoms with Crippen molar-refractivity contribution < 1.29 is 18.8 Å². The molecule has 0 aliphatic carbocycles. The Hall–Kier alpha value is -1.67. The molecule has 2 saturated heterocycles. The number of carbonyl (C=O) groups is 1. The predicted molar refractivity (Wildman–Crippen MR) is 76.2 cm³/mol. The van der Waals surface area contributed by atoms with E-state index in [4.69, 9.17) is 14.0 Å². The van der Waals surface area contributed by atoms with Crippen LogP contribution in [0.1, 0.15) is 24.6 Å². The third-order valence-electron chi connectivity index (χ3n) is 4.16. The van der Waals surface area contributed by atoms with E-state index in [0.717, 1.165) is 19.4 Å². The SMILES string of the molecule is COCCc1noc(CN2CCC[C@]3(C2)CN(C)C(=O)O3)n1.